The summed E-state index contributed by atoms with van der Waals surface area (Å²) in [7, 11) is 0. The summed E-state index contributed by atoms with van der Waals surface area (Å²) in [5, 5.41) is 12.6. The number of hydrogen-bond acceptors (Lipinski definition) is 5. The maximum atomic E-state index is 12.2. The number of amides is 1. The Hall–Kier alpha value is -1.73. The SMILES string of the molecule is Cc1c(C(=O)NCC2CC(O)C2)sc2nc[nH]c(=O)c12. The first-order chi connectivity index (χ1) is 9.56. The molecule has 0 bridgehead atoms. The summed E-state index contributed by atoms with van der Waals surface area (Å²) in [4.78, 5) is 31.6. The van der Waals surface area contributed by atoms with Crippen LogP contribution in [0.3, 0.4) is 0 Å². The number of aromatic amines is 1. The van der Waals surface area contributed by atoms with E-state index < -0.39 is 0 Å². The van der Waals surface area contributed by atoms with Crippen molar-refractivity contribution in [3.8, 4) is 0 Å². The number of nitrogens with one attached hydrogen (secondary N) is 2. The number of aliphatic hydroxyl groups is 1. The van der Waals surface area contributed by atoms with Gasteiger partial charge in [-0.15, -0.1) is 11.3 Å². The minimum atomic E-state index is -0.218. The second-order valence-corrected chi connectivity index (χ2v) is 6.17. The molecular weight excluding hydrogens is 278 g/mol. The molecule has 3 rings (SSSR count). The van der Waals surface area contributed by atoms with Crippen LogP contribution in [0.15, 0.2) is 11.1 Å². The lowest BCUT2D eigenvalue weighted by Crippen LogP contribution is -2.38. The van der Waals surface area contributed by atoms with Crippen LogP contribution in [-0.4, -0.2) is 33.6 Å². The molecule has 1 aliphatic carbocycles. The minimum absolute atomic E-state index is 0.175. The average molecular weight is 293 g/mol. The first-order valence-corrected chi connectivity index (χ1v) is 7.31. The lowest BCUT2D eigenvalue weighted by atomic mass is 9.82. The van der Waals surface area contributed by atoms with Gasteiger partial charge in [0.05, 0.1) is 22.7 Å². The molecule has 20 heavy (non-hydrogen) atoms. The number of aromatic nitrogens is 2. The Kier molecular flexibility index (Phi) is 3.31. The van der Waals surface area contributed by atoms with Gasteiger partial charge < -0.3 is 15.4 Å². The Bertz CT molecular complexity index is 715. The Morgan fingerprint density at radius 2 is 2.35 bits per heavy atom. The van der Waals surface area contributed by atoms with E-state index in [1.807, 2.05) is 0 Å². The predicted octanol–water partition coefficient (Wildman–Crippen LogP) is 0.794. The number of hydrogen-bond donors (Lipinski definition) is 3. The molecule has 2 aromatic rings. The largest absolute Gasteiger partial charge is 0.393 e. The number of carbonyl (C=O) groups excluding carboxylic acids is 1. The molecule has 0 saturated heterocycles. The number of fused-ring (bicyclic) bond motifs is 1. The van der Waals surface area contributed by atoms with E-state index in [1.165, 1.54) is 17.7 Å². The van der Waals surface area contributed by atoms with E-state index in [1.54, 1.807) is 6.92 Å². The molecule has 2 heterocycles. The van der Waals surface area contributed by atoms with Crippen LogP contribution >= 0.6 is 11.3 Å². The van der Waals surface area contributed by atoms with Crippen LogP contribution in [0.1, 0.15) is 28.1 Å². The maximum Gasteiger partial charge on any atom is 0.261 e. The summed E-state index contributed by atoms with van der Waals surface area (Å²) in [6.07, 6.45) is 2.61. The van der Waals surface area contributed by atoms with Gasteiger partial charge in [-0.25, -0.2) is 4.98 Å². The lowest BCUT2D eigenvalue weighted by Gasteiger charge is -2.31. The van der Waals surface area contributed by atoms with E-state index in [2.05, 4.69) is 15.3 Å². The van der Waals surface area contributed by atoms with Crippen LogP contribution in [0.5, 0.6) is 0 Å². The molecule has 1 saturated carbocycles. The third-order valence-corrected chi connectivity index (χ3v) is 4.90. The van der Waals surface area contributed by atoms with E-state index >= 15 is 0 Å². The quantitative estimate of drug-likeness (QED) is 0.780. The zero-order valence-corrected chi connectivity index (χ0v) is 11.8. The van der Waals surface area contributed by atoms with Gasteiger partial charge >= 0.3 is 0 Å². The number of carbonyl (C=O) groups is 1. The van der Waals surface area contributed by atoms with Crippen LogP contribution in [0, 0.1) is 12.8 Å². The van der Waals surface area contributed by atoms with Crippen molar-refractivity contribution in [2.75, 3.05) is 6.54 Å². The molecule has 0 radical (unpaired) electrons. The Morgan fingerprint density at radius 3 is 3.00 bits per heavy atom. The molecule has 0 aliphatic heterocycles. The molecule has 0 unspecified atom stereocenters. The second kappa shape index (κ2) is 4.99. The zero-order valence-electron chi connectivity index (χ0n) is 11.0. The molecule has 1 amide bonds. The summed E-state index contributed by atoms with van der Waals surface area (Å²) in [6.45, 7) is 2.32. The van der Waals surface area contributed by atoms with Crippen molar-refractivity contribution in [2.45, 2.75) is 25.9 Å². The van der Waals surface area contributed by atoms with Gasteiger partial charge in [-0.05, 0) is 31.2 Å². The summed E-state index contributed by atoms with van der Waals surface area (Å²) in [6, 6.07) is 0. The van der Waals surface area contributed by atoms with E-state index in [0.29, 0.717) is 33.1 Å². The van der Waals surface area contributed by atoms with Crippen LogP contribution < -0.4 is 10.9 Å². The highest BCUT2D eigenvalue weighted by atomic mass is 32.1. The summed E-state index contributed by atoms with van der Waals surface area (Å²) in [5.74, 6) is 0.177. The highest BCUT2D eigenvalue weighted by molar-refractivity contribution is 7.20. The smallest absolute Gasteiger partial charge is 0.261 e. The minimum Gasteiger partial charge on any atom is -0.393 e. The topological polar surface area (TPSA) is 95.1 Å². The normalized spacial score (nSPS) is 21.7. The molecule has 6 nitrogen and oxygen atoms in total. The van der Waals surface area contributed by atoms with E-state index in [-0.39, 0.29) is 17.6 Å². The van der Waals surface area contributed by atoms with Crippen LogP contribution in [0.2, 0.25) is 0 Å². The first kappa shape index (κ1) is 13.3. The Morgan fingerprint density at radius 1 is 1.60 bits per heavy atom. The molecule has 2 aromatic heterocycles. The highest BCUT2D eigenvalue weighted by Gasteiger charge is 2.28. The van der Waals surface area contributed by atoms with Gasteiger partial charge in [-0.2, -0.15) is 0 Å². The van der Waals surface area contributed by atoms with Crippen molar-refractivity contribution >= 4 is 27.5 Å². The average Bonchev–Trinajstić information content (AvgIpc) is 2.72. The predicted molar refractivity (Wildman–Crippen MR) is 76.0 cm³/mol. The number of rotatable bonds is 3. The maximum absolute atomic E-state index is 12.2. The standard InChI is InChI=1S/C13H15N3O3S/c1-6-9-11(18)15-5-16-13(9)20-10(6)12(19)14-4-7-2-8(17)3-7/h5,7-8,17H,2-4H2,1H3,(H,14,19)(H,15,16,18). The van der Waals surface area contributed by atoms with Gasteiger partial charge in [0.2, 0.25) is 0 Å². The fourth-order valence-electron chi connectivity index (χ4n) is 2.48. The van der Waals surface area contributed by atoms with Crippen LogP contribution in [-0.2, 0) is 0 Å². The summed E-state index contributed by atoms with van der Waals surface area (Å²) < 4.78 is 0. The second-order valence-electron chi connectivity index (χ2n) is 5.17. The van der Waals surface area contributed by atoms with Crippen LogP contribution in [0.25, 0.3) is 10.2 Å². The van der Waals surface area contributed by atoms with Crippen molar-refractivity contribution in [1.82, 2.24) is 15.3 Å². The summed E-state index contributed by atoms with van der Waals surface area (Å²) in [5.41, 5.74) is 0.454. The van der Waals surface area contributed by atoms with E-state index in [0.717, 1.165) is 12.8 Å². The molecule has 7 heteroatoms. The van der Waals surface area contributed by atoms with Gasteiger partial charge in [-0.1, -0.05) is 0 Å². The van der Waals surface area contributed by atoms with Crippen molar-refractivity contribution < 1.29 is 9.90 Å². The van der Waals surface area contributed by atoms with Gasteiger partial charge in [0.25, 0.3) is 11.5 Å². The fourth-order valence-corrected chi connectivity index (χ4v) is 3.55. The Balaban J connectivity index is 1.79. The van der Waals surface area contributed by atoms with Crippen molar-refractivity contribution in [2.24, 2.45) is 5.92 Å². The van der Waals surface area contributed by atoms with Gasteiger partial charge in [0.15, 0.2) is 0 Å². The van der Waals surface area contributed by atoms with Gasteiger partial charge in [0, 0.05) is 6.54 Å². The number of nitrogens with zero attached hydrogens (tertiary/aromatic N) is 1. The molecule has 1 fully saturated rings. The highest BCUT2D eigenvalue weighted by Crippen LogP contribution is 2.28. The number of thiophene rings is 1. The number of aliphatic hydroxyl groups excluding tert-OH is 1. The number of aryl methyl sites for hydroxylation is 1. The third kappa shape index (κ3) is 2.23. The molecule has 0 spiro atoms. The first-order valence-electron chi connectivity index (χ1n) is 6.49. The molecule has 0 aromatic carbocycles. The monoisotopic (exact) mass is 293 g/mol. The molecule has 1 aliphatic rings. The molecule has 3 N–H and O–H groups in total. The number of H-pyrrole nitrogens is 1. The summed E-state index contributed by atoms with van der Waals surface area (Å²) >= 11 is 1.23. The van der Waals surface area contributed by atoms with Gasteiger partial charge in [0.1, 0.15) is 4.83 Å². The lowest BCUT2D eigenvalue weighted by molar-refractivity contribution is 0.0420. The van der Waals surface area contributed by atoms with Crippen LogP contribution in [0.4, 0.5) is 0 Å². The molecule has 106 valence electrons. The fraction of sp³-hybridized carbons (Fsp3) is 0.462. The molecular formula is C13H15N3O3S. The van der Waals surface area contributed by atoms with Gasteiger partial charge in [-0.3, -0.25) is 9.59 Å². The Labute approximate surface area is 118 Å². The van der Waals surface area contributed by atoms with Crippen molar-refractivity contribution in [3.05, 3.63) is 27.1 Å². The van der Waals surface area contributed by atoms with Crippen molar-refractivity contribution in [3.63, 3.8) is 0 Å². The molecule has 0 atom stereocenters. The zero-order chi connectivity index (χ0) is 14.3. The van der Waals surface area contributed by atoms with E-state index in [4.69, 9.17) is 0 Å². The van der Waals surface area contributed by atoms with Crippen molar-refractivity contribution in [1.29, 1.82) is 0 Å². The van der Waals surface area contributed by atoms with E-state index in [9.17, 15) is 14.7 Å². The third-order valence-electron chi connectivity index (χ3n) is 3.70.